The molecule has 5 heteroatoms. The van der Waals surface area contributed by atoms with Crippen LogP contribution in [0.25, 0.3) is 11.0 Å². The summed E-state index contributed by atoms with van der Waals surface area (Å²) in [4.78, 5) is 12.4. The van der Waals surface area contributed by atoms with Crippen molar-refractivity contribution in [2.45, 2.75) is 0 Å². The van der Waals surface area contributed by atoms with E-state index in [1.807, 2.05) is 0 Å². The number of aromatic hydroxyl groups is 1. The SMILES string of the molecule is COc1cc2cc(C(=O)c3ccc(O)cc3)oc2cc1OC. The van der Waals surface area contributed by atoms with Crippen LogP contribution in [-0.2, 0) is 0 Å². The van der Waals surface area contributed by atoms with Gasteiger partial charge in [0.25, 0.3) is 0 Å². The second-order valence-electron chi connectivity index (χ2n) is 4.73. The minimum atomic E-state index is -0.255. The van der Waals surface area contributed by atoms with Crippen molar-refractivity contribution >= 4 is 16.8 Å². The van der Waals surface area contributed by atoms with Crippen molar-refractivity contribution in [1.82, 2.24) is 0 Å². The van der Waals surface area contributed by atoms with Gasteiger partial charge in [0.1, 0.15) is 11.3 Å². The number of hydrogen-bond acceptors (Lipinski definition) is 5. The predicted octanol–water partition coefficient (Wildman–Crippen LogP) is 3.39. The fourth-order valence-corrected chi connectivity index (χ4v) is 2.23. The standard InChI is InChI=1S/C17H14O5/c1-20-14-7-11-8-16(22-13(11)9-15(14)21-2)17(19)10-3-5-12(18)6-4-10/h3-9,18H,1-2H3. The van der Waals surface area contributed by atoms with E-state index >= 15 is 0 Å². The Labute approximate surface area is 126 Å². The van der Waals surface area contributed by atoms with E-state index in [1.165, 1.54) is 19.2 Å². The minimum absolute atomic E-state index is 0.107. The molecule has 0 atom stereocenters. The Morgan fingerprint density at radius 3 is 2.27 bits per heavy atom. The molecule has 0 bridgehead atoms. The number of rotatable bonds is 4. The first-order valence-corrected chi connectivity index (χ1v) is 6.61. The van der Waals surface area contributed by atoms with Crippen molar-refractivity contribution in [1.29, 1.82) is 0 Å². The fourth-order valence-electron chi connectivity index (χ4n) is 2.23. The number of ether oxygens (including phenoxy) is 2. The third kappa shape index (κ3) is 2.37. The fraction of sp³-hybridized carbons (Fsp3) is 0.118. The number of furan rings is 1. The molecule has 1 aromatic heterocycles. The van der Waals surface area contributed by atoms with Crippen molar-refractivity contribution in [2.75, 3.05) is 14.2 Å². The van der Waals surface area contributed by atoms with Crippen molar-refractivity contribution < 1.29 is 23.8 Å². The number of hydrogen-bond donors (Lipinski definition) is 1. The van der Waals surface area contributed by atoms with E-state index in [0.717, 1.165) is 5.39 Å². The third-order valence-corrected chi connectivity index (χ3v) is 3.38. The summed E-state index contributed by atoms with van der Waals surface area (Å²) in [6.07, 6.45) is 0. The summed E-state index contributed by atoms with van der Waals surface area (Å²) in [7, 11) is 3.08. The maximum Gasteiger partial charge on any atom is 0.228 e. The number of benzene rings is 2. The van der Waals surface area contributed by atoms with Crippen LogP contribution in [0.3, 0.4) is 0 Å². The molecule has 3 aromatic rings. The third-order valence-electron chi connectivity index (χ3n) is 3.38. The van der Waals surface area contributed by atoms with E-state index in [9.17, 15) is 9.90 Å². The molecule has 2 aromatic carbocycles. The minimum Gasteiger partial charge on any atom is -0.508 e. The maximum atomic E-state index is 12.4. The molecular weight excluding hydrogens is 284 g/mol. The highest BCUT2D eigenvalue weighted by Crippen LogP contribution is 2.34. The Kier molecular flexibility index (Phi) is 3.47. The number of ketones is 1. The summed E-state index contributed by atoms with van der Waals surface area (Å²) in [5.41, 5.74) is 0.982. The number of phenolic OH excluding ortho intramolecular Hbond substituents is 1. The summed E-state index contributed by atoms with van der Waals surface area (Å²) in [5, 5.41) is 10.0. The van der Waals surface area contributed by atoms with Gasteiger partial charge in [0.2, 0.25) is 5.78 Å². The number of carbonyl (C=O) groups excluding carboxylic acids is 1. The Morgan fingerprint density at radius 2 is 1.64 bits per heavy atom. The zero-order valence-electron chi connectivity index (χ0n) is 12.1. The highest BCUT2D eigenvalue weighted by atomic mass is 16.5. The van der Waals surface area contributed by atoms with Crippen molar-refractivity contribution in [2.24, 2.45) is 0 Å². The van der Waals surface area contributed by atoms with Gasteiger partial charge in [-0.05, 0) is 36.4 Å². The van der Waals surface area contributed by atoms with Gasteiger partial charge in [-0.1, -0.05) is 0 Å². The van der Waals surface area contributed by atoms with Crippen LogP contribution in [0, 0.1) is 0 Å². The van der Waals surface area contributed by atoms with Gasteiger partial charge in [-0.25, -0.2) is 0 Å². The normalized spacial score (nSPS) is 10.6. The lowest BCUT2D eigenvalue weighted by atomic mass is 10.1. The summed E-state index contributed by atoms with van der Waals surface area (Å²) in [5.74, 6) is 1.17. The molecule has 0 radical (unpaired) electrons. The molecule has 0 aliphatic carbocycles. The van der Waals surface area contributed by atoms with Gasteiger partial charge in [0.15, 0.2) is 17.3 Å². The molecule has 3 rings (SSSR count). The molecule has 0 fully saturated rings. The topological polar surface area (TPSA) is 68.9 Å². The zero-order valence-corrected chi connectivity index (χ0v) is 12.1. The molecule has 0 saturated carbocycles. The summed E-state index contributed by atoms with van der Waals surface area (Å²) < 4.78 is 16.1. The van der Waals surface area contributed by atoms with E-state index in [-0.39, 0.29) is 17.3 Å². The van der Waals surface area contributed by atoms with Gasteiger partial charge >= 0.3 is 0 Å². The van der Waals surface area contributed by atoms with Gasteiger partial charge in [-0.15, -0.1) is 0 Å². The largest absolute Gasteiger partial charge is 0.508 e. The van der Waals surface area contributed by atoms with E-state index < -0.39 is 0 Å². The first-order chi connectivity index (χ1) is 10.6. The smallest absolute Gasteiger partial charge is 0.228 e. The molecule has 0 unspecified atom stereocenters. The maximum absolute atomic E-state index is 12.4. The van der Waals surface area contributed by atoms with Gasteiger partial charge in [0.05, 0.1) is 14.2 Å². The lowest BCUT2D eigenvalue weighted by Crippen LogP contribution is -1.98. The quantitative estimate of drug-likeness (QED) is 0.748. The van der Waals surface area contributed by atoms with Gasteiger partial charge in [-0.2, -0.15) is 0 Å². The summed E-state index contributed by atoms with van der Waals surface area (Å²) >= 11 is 0. The van der Waals surface area contributed by atoms with Crippen LogP contribution >= 0.6 is 0 Å². The molecule has 1 heterocycles. The Morgan fingerprint density at radius 1 is 1.00 bits per heavy atom. The second-order valence-corrected chi connectivity index (χ2v) is 4.73. The van der Waals surface area contributed by atoms with E-state index in [1.54, 1.807) is 37.4 Å². The second kappa shape index (κ2) is 5.44. The zero-order chi connectivity index (χ0) is 15.7. The van der Waals surface area contributed by atoms with Crippen LogP contribution in [0.4, 0.5) is 0 Å². The number of carbonyl (C=O) groups is 1. The molecule has 5 nitrogen and oxygen atoms in total. The van der Waals surface area contributed by atoms with Crippen LogP contribution in [0.2, 0.25) is 0 Å². The van der Waals surface area contributed by atoms with Crippen LogP contribution in [0.15, 0.2) is 46.9 Å². The van der Waals surface area contributed by atoms with Crippen LogP contribution in [-0.4, -0.2) is 25.1 Å². The van der Waals surface area contributed by atoms with Crippen molar-refractivity contribution in [3.63, 3.8) is 0 Å². The molecule has 0 aliphatic rings. The first kappa shape index (κ1) is 14.0. The highest BCUT2D eigenvalue weighted by molar-refractivity contribution is 6.09. The van der Waals surface area contributed by atoms with E-state index in [0.29, 0.717) is 22.6 Å². The Bertz CT molecular complexity index is 789. The number of phenols is 1. The molecule has 0 spiro atoms. The van der Waals surface area contributed by atoms with E-state index in [2.05, 4.69) is 0 Å². The van der Waals surface area contributed by atoms with Gasteiger partial charge in [-0.3, -0.25) is 4.79 Å². The molecule has 0 aliphatic heterocycles. The average molecular weight is 298 g/mol. The lowest BCUT2D eigenvalue weighted by Gasteiger charge is -2.06. The van der Waals surface area contributed by atoms with Crippen molar-refractivity contribution in [3.05, 3.63) is 53.8 Å². The summed E-state index contributed by atoms with van der Waals surface area (Å²) in [6, 6.07) is 11.1. The average Bonchev–Trinajstić information content (AvgIpc) is 2.96. The predicted molar refractivity (Wildman–Crippen MR) is 80.9 cm³/mol. The van der Waals surface area contributed by atoms with Gasteiger partial charge < -0.3 is 19.0 Å². The molecule has 1 N–H and O–H groups in total. The lowest BCUT2D eigenvalue weighted by molar-refractivity contribution is 0.101. The molecule has 0 saturated heterocycles. The molecular formula is C17H14O5. The number of methoxy groups -OCH3 is 2. The van der Waals surface area contributed by atoms with E-state index in [4.69, 9.17) is 13.9 Å². The van der Waals surface area contributed by atoms with Gasteiger partial charge in [0, 0.05) is 17.0 Å². The number of fused-ring (bicyclic) bond motifs is 1. The Balaban J connectivity index is 2.04. The summed E-state index contributed by atoms with van der Waals surface area (Å²) in [6.45, 7) is 0. The molecule has 0 amide bonds. The molecule has 112 valence electrons. The van der Waals surface area contributed by atoms with Crippen LogP contribution < -0.4 is 9.47 Å². The monoisotopic (exact) mass is 298 g/mol. The first-order valence-electron chi connectivity index (χ1n) is 6.61. The Hall–Kier alpha value is -2.95. The van der Waals surface area contributed by atoms with Crippen LogP contribution in [0.1, 0.15) is 16.1 Å². The highest BCUT2D eigenvalue weighted by Gasteiger charge is 2.16. The van der Waals surface area contributed by atoms with Crippen molar-refractivity contribution in [3.8, 4) is 17.2 Å². The molecule has 22 heavy (non-hydrogen) atoms. The van der Waals surface area contributed by atoms with Crippen LogP contribution in [0.5, 0.6) is 17.2 Å².